The zero-order valence-electron chi connectivity index (χ0n) is 14.2. The zero-order chi connectivity index (χ0) is 17.1. The Bertz CT molecular complexity index is 567. The van der Waals surface area contributed by atoms with E-state index < -0.39 is 5.41 Å². The van der Waals surface area contributed by atoms with Gasteiger partial charge >= 0.3 is 5.97 Å². The second kappa shape index (κ2) is 6.71. The number of carbonyl (C=O) groups is 1. The summed E-state index contributed by atoms with van der Waals surface area (Å²) in [6.07, 6.45) is 1.55. The van der Waals surface area contributed by atoms with Crippen LogP contribution in [-0.4, -0.2) is 24.9 Å². The topological polar surface area (TPSA) is 88.2 Å². The minimum Gasteiger partial charge on any atom is -0.427 e. The third kappa shape index (κ3) is 4.32. The fraction of sp³-hybridized carbons (Fsp3) is 0.556. The van der Waals surface area contributed by atoms with Gasteiger partial charge in [0, 0.05) is 5.41 Å². The SMILES string of the molecule is CC(C)(C)c1ccc(OC(=O)CC2(C(=N)N)CCNCC2)cc1. The van der Waals surface area contributed by atoms with Crippen LogP contribution < -0.4 is 15.8 Å². The molecule has 1 aromatic rings. The Morgan fingerprint density at radius 1 is 1.26 bits per heavy atom. The van der Waals surface area contributed by atoms with Crippen LogP contribution in [0.2, 0.25) is 0 Å². The minimum absolute atomic E-state index is 0.0658. The fourth-order valence-electron chi connectivity index (χ4n) is 2.91. The number of esters is 1. The molecule has 0 aliphatic carbocycles. The Labute approximate surface area is 138 Å². The average molecular weight is 317 g/mol. The van der Waals surface area contributed by atoms with E-state index in [1.54, 1.807) is 0 Å². The van der Waals surface area contributed by atoms with Crippen LogP contribution in [0, 0.1) is 10.8 Å². The third-order valence-electron chi connectivity index (χ3n) is 4.57. The van der Waals surface area contributed by atoms with Gasteiger partial charge in [0.2, 0.25) is 0 Å². The minimum atomic E-state index is -0.562. The molecule has 126 valence electrons. The van der Waals surface area contributed by atoms with Gasteiger partial charge in [0.15, 0.2) is 0 Å². The van der Waals surface area contributed by atoms with Crippen molar-refractivity contribution in [1.29, 1.82) is 5.41 Å². The van der Waals surface area contributed by atoms with E-state index in [1.807, 2.05) is 24.3 Å². The number of nitrogens with one attached hydrogen (secondary N) is 2. The Kier molecular flexibility index (Phi) is 5.09. The number of rotatable bonds is 4. The lowest BCUT2D eigenvalue weighted by molar-refractivity contribution is -0.136. The van der Waals surface area contributed by atoms with Crippen LogP contribution in [0.1, 0.15) is 45.6 Å². The Hall–Kier alpha value is -1.88. The molecule has 0 aromatic heterocycles. The van der Waals surface area contributed by atoms with E-state index in [0.29, 0.717) is 18.6 Å². The Morgan fingerprint density at radius 2 is 1.83 bits per heavy atom. The summed E-state index contributed by atoms with van der Waals surface area (Å²) in [7, 11) is 0. The van der Waals surface area contributed by atoms with Crippen LogP contribution in [0.4, 0.5) is 0 Å². The van der Waals surface area contributed by atoms with Gasteiger partial charge in [-0.1, -0.05) is 32.9 Å². The predicted molar refractivity (Wildman–Crippen MR) is 91.8 cm³/mol. The first-order chi connectivity index (χ1) is 10.7. The molecule has 1 aliphatic heterocycles. The van der Waals surface area contributed by atoms with Crippen molar-refractivity contribution in [3.8, 4) is 5.75 Å². The van der Waals surface area contributed by atoms with Crippen LogP contribution in [0.5, 0.6) is 5.75 Å². The number of amidine groups is 1. The second-order valence-electron chi connectivity index (χ2n) is 7.37. The maximum Gasteiger partial charge on any atom is 0.312 e. The van der Waals surface area contributed by atoms with Gasteiger partial charge in [-0.2, -0.15) is 0 Å². The van der Waals surface area contributed by atoms with Crippen molar-refractivity contribution < 1.29 is 9.53 Å². The van der Waals surface area contributed by atoms with Crippen molar-refractivity contribution in [3.63, 3.8) is 0 Å². The van der Waals surface area contributed by atoms with E-state index in [-0.39, 0.29) is 23.6 Å². The predicted octanol–water partition coefficient (Wildman–Crippen LogP) is 2.59. The highest BCUT2D eigenvalue weighted by molar-refractivity contribution is 5.88. The molecule has 0 radical (unpaired) electrons. The van der Waals surface area contributed by atoms with Gasteiger partial charge in [0.25, 0.3) is 0 Å². The number of piperidine rings is 1. The van der Waals surface area contributed by atoms with E-state index in [1.165, 1.54) is 5.56 Å². The van der Waals surface area contributed by atoms with Crippen LogP contribution in [-0.2, 0) is 10.2 Å². The van der Waals surface area contributed by atoms with E-state index in [9.17, 15) is 4.79 Å². The van der Waals surface area contributed by atoms with E-state index in [4.69, 9.17) is 15.9 Å². The molecular weight excluding hydrogens is 290 g/mol. The van der Waals surface area contributed by atoms with Crippen LogP contribution in [0.3, 0.4) is 0 Å². The van der Waals surface area contributed by atoms with Crippen molar-refractivity contribution in [2.24, 2.45) is 11.1 Å². The third-order valence-corrected chi connectivity index (χ3v) is 4.57. The maximum absolute atomic E-state index is 12.3. The first kappa shape index (κ1) is 17.5. The van der Waals surface area contributed by atoms with Crippen molar-refractivity contribution in [2.45, 2.75) is 45.4 Å². The smallest absolute Gasteiger partial charge is 0.312 e. The highest BCUT2D eigenvalue weighted by atomic mass is 16.5. The number of carbonyl (C=O) groups excluding carboxylic acids is 1. The van der Waals surface area contributed by atoms with Gasteiger partial charge < -0.3 is 15.8 Å². The lowest BCUT2D eigenvalue weighted by Gasteiger charge is -2.35. The fourth-order valence-corrected chi connectivity index (χ4v) is 2.91. The molecule has 2 rings (SSSR count). The number of hydrogen-bond acceptors (Lipinski definition) is 4. The molecule has 1 fully saturated rings. The van der Waals surface area contributed by atoms with Crippen molar-refractivity contribution >= 4 is 11.8 Å². The van der Waals surface area contributed by atoms with Gasteiger partial charge in [-0.3, -0.25) is 10.2 Å². The molecule has 0 spiro atoms. The number of ether oxygens (including phenoxy) is 1. The largest absolute Gasteiger partial charge is 0.427 e. The summed E-state index contributed by atoms with van der Waals surface area (Å²) >= 11 is 0. The highest BCUT2D eigenvalue weighted by Gasteiger charge is 2.38. The lowest BCUT2D eigenvalue weighted by atomic mass is 9.75. The normalized spacial score (nSPS) is 17.5. The molecule has 0 unspecified atom stereocenters. The molecule has 5 heteroatoms. The molecule has 23 heavy (non-hydrogen) atoms. The zero-order valence-corrected chi connectivity index (χ0v) is 14.2. The summed E-state index contributed by atoms with van der Waals surface area (Å²) < 4.78 is 5.45. The average Bonchev–Trinajstić information content (AvgIpc) is 2.47. The summed E-state index contributed by atoms with van der Waals surface area (Å²) in [5.41, 5.74) is 6.45. The summed E-state index contributed by atoms with van der Waals surface area (Å²) in [5, 5.41) is 11.1. The summed E-state index contributed by atoms with van der Waals surface area (Å²) in [6.45, 7) is 7.96. The highest BCUT2D eigenvalue weighted by Crippen LogP contribution is 2.33. The van der Waals surface area contributed by atoms with E-state index in [2.05, 4.69) is 26.1 Å². The summed E-state index contributed by atoms with van der Waals surface area (Å²) in [4.78, 5) is 12.3. The first-order valence-corrected chi connectivity index (χ1v) is 8.09. The first-order valence-electron chi connectivity index (χ1n) is 8.09. The molecular formula is C18H27N3O2. The number of nitrogens with two attached hydrogens (primary N) is 1. The molecule has 0 amide bonds. The second-order valence-corrected chi connectivity index (χ2v) is 7.37. The van der Waals surface area contributed by atoms with Crippen molar-refractivity contribution in [2.75, 3.05) is 13.1 Å². The summed E-state index contributed by atoms with van der Waals surface area (Å²) in [5.74, 6) is 0.292. The molecule has 1 aromatic carbocycles. The molecule has 1 heterocycles. The molecule has 0 atom stereocenters. The van der Waals surface area contributed by atoms with Crippen LogP contribution in [0.15, 0.2) is 24.3 Å². The van der Waals surface area contributed by atoms with Gasteiger partial charge in [-0.15, -0.1) is 0 Å². The van der Waals surface area contributed by atoms with Crippen molar-refractivity contribution in [1.82, 2.24) is 5.32 Å². The molecule has 0 bridgehead atoms. The Morgan fingerprint density at radius 3 is 2.30 bits per heavy atom. The van der Waals surface area contributed by atoms with Crippen LogP contribution >= 0.6 is 0 Å². The standard InChI is InChI=1S/C18H27N3O2/c1-17(2,3)13-4-6-14(7-5-13)23-15(22)12-18(16(19)20)8-10-21-11-9-18/h4-7,21H,8-12H2,1-3H3,(H3,19,20). The molecule has 0 saturated carbocycles. The molecule has 1 aliphatic rings. The molecule has 4 N–H and O–H groups in total. The molecule has 5 nitrogen and oxygen atoms in total. The van der Waals surface area contributed by atoms with Gasteiger partial charge in [0.1, 0.15) is 5.75 Å². The van der Waals surface area contributed by atoms with E-state index in [0.717, 1.165) is 13.1 Å². The van der Waals surface area contributed by atoms with Crippen molar-refractivity contribution in [3.05, 3.63) is 29.8 Å². The Balaban J connectivity index is 2.02. The summed E-state index contributed by atoms with van der Waals surface area (Å²) in [6, 6.07) is 7.60. The van der Waals surface area contributed by atoms with Gasteiger partial charge in [-0.25, -0.2) is 0 Å². The number of benzene rings is 1. The van der Waals surface area contributed by atoms with E-state index >= 15 is 0 Å². The quantitative estimate of drug-likeness (QED) is 0.345. The van der Waals surface area contributed by atoms with Gasteiger partial charge in [0.05, 0.1) is 12.3 Å². The maximum atomic E-state index is 12.3. The molecule has 1 saturated heterocycles. The lowest BCUT2D eigenvalue weighted by Crippen LogP contribution is -2.46. The van der Waals surface area contributed by atoms with Crippen LogP contribution in [0.25, 0.3) is 0 Å². The number of hydrogen-bond donors (Lipinski definition) is 3. The monoisotopic (exact) mass is 317 g/mol. The van der Waals surface area contributed by atoms with Gasteiger partial charge in [-0.05, 0) is 49.0 Å².